The molecule has 1 heterocycles. The zero-order valence-corrected chi connectivity index (χ0v) is 20.0. The smallest absolute Gasteiger partial charge is 0.412 e. The lowest BCUT2D eigenvalue weighted by molar-refractivity contribution is 0.0636. The van der Waals surface area contributed by atoms with E-state index in [1.165, 1.54) is 30.7 Å². The van der Waals surface area contributed by atoms with Crippen molar-refractivity contribution in [1.29, 1.82) is 0 Å². The first-order valence-electron chi connectivity index (χ1n) is 11.0. The van der Waals surface area contributed by atoms with Crippen LogP contribution in [0.15, 0.2) is 39.3 Å². The van der Waals surface area contributed by atoms with Gasteiger partial charge in [0, 0.05) is 23.9 Å². The average Bonchev–Trinajstić information content (AvgIpc) is 3.10. The summed E-state index contributed by atoms with van der Waals surface area (Å²) < 4.78 is 33.8. The molecule has 2 N–H and O–H groups in total. The van der Waals surface area contributed by atoms with Gasteiger partial charge in [0.2, 0.25) is 5.96 Å². The summed E-state index contributed by atoms with van der Waals surface area (Å²) in [4.78, 5) is 16.3. The van der Waals surface area contributed by atoms with Gasteiger partial charge >= 0.3 is 6.09 Å². The highest BCUT2D eigenvalue weighted by molar-refractivity contribution is 7.90. The van der Waals surface area contributed by atoms with Gasteiger partial charge in [-0.05, 0) is 64.8 Å². The van der Waals surface area contributed by atoms with E-state index in [0.29, 0.717) is 18.8 Å². The van der Waals surface area contributed by atoms with E-state index in [1.807, 2.05) is 13.1 Å². The topological polar surface area (TPSA) is 112 Å². The summed E-state index contributed by atoms with van der Waals surface area (Å²) in [6.07, 6.45) is 7.04. The van der Waals surface area contributed by atoms with E-state index in [0.717, 1.165) is 25.7 Å². The minimum Gasteiger partial charge on any atom is -0.444 e. The molecule has 1 spiro atoms. The van der Waals surface area contributed by atoms with Gasteiger partial charge in [0.15, 0.2) is 0 Å². The van der Waals surface area contributed by atoms with Crippen molar-refractivity contribution < 1.29 is 17.9 Å². The van der Waals surface area contributed by atoms with Gasteiger partial charge in [0.05, 0.1) is 11.4 Å². The van der Waals surface area contributed by atoms with E-state index in [4.69, 9.17) is 4.74 Å². The monoisotopic (exact) mass is 463 g/mol. The SMILES string of the molecule is CCN=C(NS(=O)(=O)c1ccc(NC(=O)OC(C)(C)C)cc1)N1CC2(C=N1)CCCCC2. The van der Waals surface area contributed by atoms with Gasteiger partial charge in [-0.15, -0.1) is 0 Å². The Labute approximate surface area is 190 Å². The van der Waals surface area contributed by atoms with Crippen LogP contribution in [-0.2, 0) is 14.8 Å². The number of benzene rings is 1. The highest BCUT2D eigenvalue weighted by Gasteiger charge is 2.38. The number of hydrogen-bond donors (Lipinski definition) is 2. The lowest BCUT2D eigenvalue weighted by Gasteiger charge is -2.31. The normalized spacial score (nSPS) is 18.6. The van der Waals surface area contributed by atoms with Gasteiger partial charge < -0.3 is 4.74 Å². The second-order valence-corrected chi connectivity index (χ2v) is 11.0. The zero-order valence-electron chi connectivity index (χ0n) is 19.2. The maximum atomic E-state index is 13.0. The predicted molar refractivity (Wildman–Crippen MR) is 125 cm³/mol. The molecular weight excluding hydrogens is 430 g/mol. The summed E-state index contributed by atoms with van der Waals surface area (Å²) in [5.74, 6) is 0.224. The average molecular weight is 464 g/mol. The summed E-state index contributed by atoms with van der Waals surface area (Å²) in [7, 11) is -3.88. The molecule has 1 aromatic rings. The van der Waals surface area contributed by atoms with E-state index in [9.17, 15) is 13.2 Å². The number of aliphatic imine (C=N–C) groups is 1. The summed E-state index contributed by atoms with van der Waals surface area (Å²) in [6, 6.07) is 5.88. The molecule has 1 fully saturated rings. The summed E-state index contributed by atoms with van der Waals surface area (Å²) in [6.45, 7) is 8.21. The molecule has 0 unspecified atom stereocenters. The van der Waals surface area contributed by atoms with Gasteiger partial charge in [-0.3, -0.25) is 10.3 Å². The van der Waals surface area contributed by atoms with Crippen LogP contribution in [0.2, 0.25) is 0 Å². The van der Waals surface area contributed by atoms with Gasteiger partial charge in [-0.25, -0.2) is 22.9 Å². The Morgan fingerprint density at radius 1 is 1.19 bits per heavy atom. The first-order valence-corrected chi connectivity index (χ1v) is 12.5. The molecule has 3 rings (SSSR count). The number of amides is 1. The van der Waals surface area contributed by atoms with E-state index < -0.39 is 21.7 Å². The standard InChI is InChI=1S/C22H33N5O4S/c1-5-23-19(27-16-22(15-24-27)13-7-6-8-14-22)26-32(29,30)18-11-9-17(10-12-18)25-20(28)31-21(2,3)4/h9-12,15H,5-8,13-14,16H2,1-4H3,(H,23,26)(H,25,28). The van der Waals surface area contributed by atoms with Gasteiger partial charge in [-0.1, -0.05) is 19.3 Å². The Kier molecular flexibility index (Phi) is 7.12. The molecule has 32 heavy (non-hydrogen) atoms. The van der Waals surface area contributed by atoms with Crippen LogP contribution in [0, 0.1) is 5.41 Å². The molecule has 0 atom stereocenters. The molecule has 176 valence electrons. The van der Waals surface area contributed by atoms with Crippen molar-refractivity contribution in [2.75, 3.05) is 18.4 Å². The third-order valence-corrected chi connectivity index (χ3v) is 6.72. The number of carbonyl (C=O) groups is 1. The van der Waals surface area contributed by atoms with Crippen LogP contribution < -0.4 is 10.0 Å². The van der Waals surface area contributed by atoms with Crippen molar-refractivity contribution in [1.82, 2.24) is 9.73 Å². The van der Waals surface area contributed by atoms with E-state index in [1.54, 1.807) is 25.8 Å². The van der Waals surface area contributed by atoms with Gasteiger partial charge in [0.1, 0.15) is 5.60 Å². The van der Waals surface area contributed by atoms with Crippen molar-refractivity contribution in [3.63, 3.8) is 0 Å². The van der Waals surface area contributed by atoms with Crippen LogP contribution in [0.3, 0.4) is 0 Å². The molecule has 0 aromatic heterocycles. The fourth-order valence-electron chi connectivity index (χ4n) is 3.88. The van der Waals surface area contributed by atoms with Crippen molar-refractivity contribution in [3.05, 3.63) is 24.3 Å². The molecule has 1 aromatic carbocycles. The van der Waals surface area contributed by atoms with Crippen molar-refractivity contribution in [2.24, 2.45) is 15.5 Å². The minimum atomic E-state index is -3.88. The van der Waals surface area contributed by atoms with Crippen LogP contribution >= 0.6 is 0 Å². The Bertz CT molecular complexity index is 975. The van der Waals surface area contributed by atoms with E-state index >= 15 is 0 Å². The Hall–Kier alpha value is -2.62. The summed E-state index contributed by atoms with van der Waals surface area (Å²) in [5.41, 5.74) is -0.183. The number of ether oxygens (including phenoxy) is 1. The molecule has 10 heteroatoms. The fourth-order valence-corrected chi connectivity index (χ4v) is 4.90. The second kappa shape index (κ2) is 9.48. The van der Waals surface area contributed by atoms with Crippen LogP contribution in [-0.4, -0.2) is 50.4 Å². The molecule has 1 amide bonds. The highest BCUT2D eigenvalue weighted by Crippen LogP contribution is 2.38. The lowest BCUT2D eigenvalue weighted by Crippen LogP contribution is -2.43. The Balaban J connectivity index is 1.68. The number of hydrazone groups is 1. The molecule has 1 saturated carbocycles. The summed E-state index contributed by atoms with van der Waals surface area (Å²) >= 11 is 0. The van der Waals surface area contributed by atoms with Gasteiger partial charge in [0.25, 0.3) is 10.0 Å². The molecule has 0 radical (unpaired) electrons. The first kappa shape index (κ1) is 24.0. The highest BCUT2D eigenvalue weighted by atomic mass is 32.2. The summed E-state index contributed by atoms with van der Waals surface area (Å²) in [5, 5.41) is 8.72. The van der Waals surface area contributed by atoms with E-state index in [2.05, 4.69) is 20.1 Å². The predicted octanol–water partition coefficient (Wildman–Crippen LogP) is 3.94. The number of anilines is 1. The number of guanidine groups is 1. The second-order valence-electron chi connectivity index (χ2n) is 9.28. The van der Waals surface area contributed by atoms with Crippen molar-refractivity contribution in [2.45, 2.75) is 70.3 Å². The lowest BCUT2D eigenvalue weighted by atomic mass is 9.75. The Morgan fingerprint density at radius 3 is 2.44 bits per heavy atom. The minimum absolute atomic E-state index is 0.00713. The number of carbonyl (C=O) groups excluding carboxylic acids is 1. The quantitative estimate of drug-likeness (QED) is 0.519. The van der Waals surface area contributed by atoms with Gasteiger partial charge in [-0.2, -0.15) is 5.10 Å². The number of rotatable bonds is 4. The first-order chi connectivity index (χ1) is 15.0. The third kappa shape index (κ3) is 6.21. The fraction of sp³-hybridized carbons (Fsp3) is 0.591. The van der Waals surface area contributed by atoms with Crippen molar-refractivity contribution in [3.8, 4) is 0 Å². The molecule has 1 aliphatic carbocycles. The zero-order chi connectivity index (χ0) is 23.4. The molecular formula is C22H33N5O4S. The van der Waals surface area contributed by atoms with E-state index in [-0.39, 0.29) is 16.3 Å². The molecule has 0 bridgehead atoms. The molecule has 1 aliphatic heterocycles. The number of nitrogens with zero attached hydrogens (tertiary/aromatic N) is 3. The molecule has 9 nitrogen and oxygen atoms in total. The maximum Gasteiger partial charge on any atom is 0.412 e. The van der Waals surface area contributed by atoms with Crippen LogP contribution in [0.25, 0.3) is 0 Å². The third-order valence-electron chi connectivity index (χ3n) is 5.37. The van der Waals surface area contributed by atoms with Crippen LogP contribution in [0.5, 0.6) is 0 Å². The number of hydrogen-bond acceptors (Lipinski definition) is 6. The Morgan fingerprint density at radius 2 is 1.84 bits per heavy atom. The van der Waals surface area contributed by atoms with Crippen LogP contribution in [0.4, 0.5) is 10.5 Å². The van der Waals surface area contributed by atoms with Crippen LogP contribution in [0.1, 0.15) is 59.8 Å². The molecule has 2 aliphatic rings. The number of nitrogens with one attached hydrogen (secondary N) is 2. The maximum absolute atomic E-state index is 13.0. The number of sulfonamides is 1. The largest absolute Gasteiger partial charge is 0.444 e. The van der Waals surface area contributed by atoms with Crippen molar-refractivity contribution >= 4 is 34.0 Å². The molecule has 0 saturated heterocycles.